The lowest BCUT2D eigenvalue weighted by molar-refractivity contribution is 0.102. The molecule has 0 aliphatic carbocycles. The minimum absolute atomic E-state index is 0.266. The molecule has 0 heterocycles. The molecule has 1 amide bonds. The van der Waals surface area contributed by atoms with Gasteiger partial charge in [0.05, 0.1) is 12.8 Å². The number of nitrogens with one attached hydrogen (secondary N) is 1. The summed E-state index contributed by atoms with van der Waals surface area (Å²) in [6.45, 7) is 0. The number of carbonyl (C=O) groups excluding carboxylic acids is 1. The number of halogens is 3. The lowest BCUT2D eigenvalue weighted by atomic mass is 10.1. The van der Waals surface area contributed by atoms with Crippen molar-refractivity contribution in [2.24, 2.45) is 0 Å². The first-order valence-corrected chi connectivity index (χ1v) is 5.81. The van der Waals surface area contributed by atoms with Crippen molar-refractivity contribution < 1.29 is 22.7 Å². The molecule has 0 fully saturated rings. The Morgan fingerprint density at radius 3 is 2.33 bits per heavy atom. The summed E-state index contributed by atoms with van der Waals surface area (Å²) in [5.74, 6) is -5.03. The van der Waals surface area contributed by atoms with E-state index in [9.17, 15) is 18.0 Å². The average Bonchev–Trinajstić information content (AvgIpc) is 2.45. The SMILES string of the molecule is COc1cc(N)ccc1NC(=O)c1cc(F)c(F)c(F)c1. The lowest BCUT2D eigenvalue weighted by Gasteiger charge is -2.11. The molecule has 2 aromatic carbocycles. The molecular weight excluding hydrogens is 285 g/mol. The molecule has 0 radical (unpaired) electrons. The van der Waals surface area contributed by atoms with Gasteiger partial charge >= 0.3 is 0 Å². The number of nitrogen functional groups attached to an aromatic ring is 1. The summed E-state index contributed by atoms with van der Waals surface area (Å²) in [6, 6.07) is 5.68. The Kier molecular flexibility index (Phi) is 4.02. The van der Waals surface area contributed by atoms with E-state index >= 15 is 0 Å². The van der Waals surface area contributed by atoms with Gasteiger partial charge in [0.1, 0.15) is 5.75 Å². The molecular formula is C14H11F3N2O2. The van der Waals surface area contributed by atoms with E-state index in [1.165, 1.54) is 25.3 Å². The fourth-order valence-electron chi connectivity index (χ4n) is 1.69. The number of rotatable bonds is 3. The highest BCUT2D eigenvalue weighted by atomic mass is 19.2. The van der Waals surface area contributed by atoms with Crippen LogP contribution in [0, 0.1) is 17.5 Å². The number of nitrogens with two attached hydrogens (primary N) is 1. The maximum atomic E-state index is 13.1. The number of hydrogen-bond acceptors (Lipinski definition) is 3. The van der Waals surface area contributed by atoms with E-state index in [1.54, 1.807) is 0 Å². The maximum absolute atomic E-state index is 13.1. The van der Waals surface area contributed by atoms with E-state index in [-0.39, 0.29) is 17.0 Å². The predicted molar refractivity (Wildman–Crippen MR) is 71.7 cm³/mol. The van der Waals surface area contributed by atoms with E-state index in [0.717, 1.165) is 0 Å². The van der Waals surface area contributed by atoms with Gasteiger partial charge < -0.3 is 15.8 Å². The Bertz CT molecular complexity index is 682. The van der Waals surface area contributed by atoms with Gasteiger partial charge in [-0.1, -0.05) is 0 Å². The van der Waals surface area contributed by atoms with Gasteiger partial charge in [0.2, 0.25) is 0 Å². The first-order chi connectivity index (χ1) is 9.92. The summed E-state index contributed by atoms with van der Waals surface area (Å²) < 4.78 is 44.1. The number of hydrogen-bond donors (Lipinski definition) is 2. The Morgan fingerprint density at radius 1 is 1.14 bits per heavy atom. The largest absolute Gasteiger partial charge is 0.494 e. The van der Waals surface area contributed by atoms with Gasteiger partial charge in [-0.2, -0.15) is 0 Å². The van der Waals surface area contributed by atoms with Crippen LogP contribution in [-0.2, 0) is 0 Å². The molecule has 0 aromatic heterocycles. The van der Waals surface area contributed by atoms with Crippen LogP contribution in [0.4, 0.5) is 24.5 Å². The third-order valence-corrected chi connectivity index (χ3v) is 2.72. The van der Waals surface area contributed by atoms with Crippen molar-refractivity contribution in [1.29, 1.82) is 0 Å². The van der Waals surface area contributed by atoms with Crippen molar-refractivity contribution in [2.45, 2.75) is 0 Å². The minimum atomic E-state index is -1.63. The summed E-state index contributed by atoms with van der Waals surface area (Å²) in [7, 11) is 1.38. The van der Waals surface area contributed by atoms with E-state index in [4.69, 9.17) is 10.5 Å². The number of anilines is 2. The summed E-state index contributed by atoms with van der Waals surface area (Å²) in [5, 5.41) is 2.40. The van der Waals surface area contributed by atoms with Crippen molar-refractivity contribution in [1.82, 2.24) is 0 Å². The van der Waals surface area contributed by atoms with E-state index in [1.807, 2.05) is 0 Å². The highest BCUT2D eigenvalue weighted by Crippen LogP contribution is 2.27. The second-order valence-corrected chi connectivity index (χ2v) is 4.17. The number of carbonyl (C=O) groups is 1. The standard InChI is InChI=1S/C14H11F3N2O2/c1-21-12-6-8(18)2-3-11(12)19-14(20)7-4-9(15)13(17)10(16)5-7/h2-6H,18H2,1H3,(H,19,20). The summed E-state index contributed by atoms with van der Waals surface area (Å²) >= 11 is 0. The first kappa shape index (κ1) is 14.7. The topological polar surface area (TPSA) is 64.3 Å². The number of amides is 1. The second kappa shape index (κ2) is 5.74. The van der Waals surface area contributed by atoms with E-state index < -0.39 is 23.4 Å². The Hall–Kier alpha value is -2.70. The normalized spacial score (nSPS) is 10.3. The van der Waals surface area contributed by atoms with Gasteiger partial charge in [0, 0.05) is 17.3 Å². The van der Waals surface area contributed by atoms with Gasteiger partial charge in [-0.25, -0.2) is 13.2 Å². The molecule has 0 saturated carbocycles. The smallest absolute Gasteiger partial charge is 0.255 e. The van der Waals surface area contributed by atoms with Crippen molar-refractivity contribution >= 4 is 17.3 Å². The molecule has 110 valence electrons. The molecule has 0 atom stereocenters. The highest BCUT2D eigenvalue weighted by Gasteiger charge is 2.16. The van der Waals surface area contributed by atoms with Crippen LogP contribution in [0.5, 0.6) is 5.75 Å². The van der Waals surface area contributed by atoms with Crippen LogP contribution in [0.1, 0.15) is 10.4 Å². The highest BCUT2D eigenvalue weighted by molar-refractivity contribution is 6.05. The van der Waals surface area contributed by atoms with Crippen LogP contribution < -0.4 is 15.8 Å². The predicted octanol–water partition coefficient (Wildman–Crippen LogP) is 2.95. The number of ether oxygens (including phenoxy) is 1. The minimum Gasteiger partial charge on any atom is -0.494 e. The molecule has 2 aromatic rings. The van der Waals surface area contributed by atoms with E-state index in [0.29, 0.717) is 17.8 Å². The molecule has 0 bridgehead atoms. The van der Waals surface area contributed by atoms with Crippen molar-refractivity contribution in [3.05, 3.63) is 53.3 Å². The lowest BCUT2D eigenvalue weighted by Crippen LogP contribution is -2.14. The third-order valence-electron chi connectivity index (χ3n) is 2.72. The molecule has 0 spiro atoms. The van der Waals surface area contributed by atoms with Gasteiger partial charge in [-0.15, -0.1) is 0 Å². The molecule has 2 rings (SSSR count). The molecule has 4 nitrogen and oxygen atoms in total. The van der Waals surface area contributed by atoms with Gasteiger partial charge in [0.15, 0.2) is 17.5 Å². The molecule has 21 heavy (non-hydrogen) atoms. The van der Waals surface area contributed by atoms with Gasteiger partial charge in [0.25, 0.3) is 5.91 Å². The summed E-state index contributed by atoms with van der Waals surface area (Å²) in [6.07, 6.45) is 0. The zero-order valence-corrected chi connectivity index (χ0v) is 10.9. The third kappa shape index (κ3) is 3.07. The molecule has 0 aliphatic rings. The van der Waals surface area contributed by atoms with E-state index in [2.05, 4.69) is 5.32 Å². The second-order valence-electron chi connectivity index (χ2n) is 4.17. The Balaban J connectivity index is 2.30. The van der Waals surface area contributed by atoms with Crippen LogP contribution in [0.2, 0.25) is 0 Å². The Labute approximate surface area is 118 Å². The zero-order chi connectivity index (χ0) is 15.6. The molecule has 0 saturated heterocycles. The van der Waals surface area contributed by atoms with Gasteiger partial charge in [-0.05, 0) is 24.3 Å². The molecule has 0 unspecified atom stereocenters. The fraction of sp³-hybridized carbons (Fsp3) is 0.0714. The monoisotopic (exact) mass is 296 g/mol. The summed E-state index contributed by atoms with van der Waals surface area (Å²) in [5.41, 5.74) is 5.90. The molecule has 0 aliphatic heterocycles. The maximum Gasteiger partial charge on any atom is 0.255 e. The fourth-order valence-corrected chi connectivity index (χ4v) is 1.69. The zero-order valence-electron chi connectivity index (χ0n) is 10.9. The first-order valence-electron chi connectivity index (χ1n) is 5.81. The number of methoxy groups -OCH3 is 1. The van der Waals surface area contributed by atoms with Gasteiger partial charge in [-0.3, -0.25) is 4.79 Å². The van der Waals surface area contributed by atoms with Crippen LogP contribution in [0.3, 0.4) is 0 Å². The average molecular weight is 296 g/mol. The molecule has 3 N–H and O–H groups in total. The quantitative estimate of drug-likeness (QED) is 0.676. The van der Waals surface area contributed by atoms with Crippen LogP contribution >= 0.6 is 0 Å². The number of benzene rings is 2. The van der Waals surface area contributed by atoms with Crippen LogP contribution in [0.15, 0.2) is 30.3 Å². The van der Waals surface area contributed by atoms with Crippen molar-refractivity contribution in [3.63, 3.8) is 0 Å². The van der Waals surface area contributed by atoms with Crippen molar-refractivity contribution in [2.75, 3.05) is 18.2 Å². The Morgan fingerprint density at radius 2 is 1.76 bits per heavy atom. The van der Waals surface area contributed by atoms with Crippen molar-refractivity contribution in [3.8, 4) is 5.75 Å². The van der Waals surface area contributed by atoms with Crippen LogP contribution in [-0.4, -0.2) is 13.0 Å². The molecule has 7 heteroatoms. The summed E-state index contributed by atoms with van der Waals surface area (Å²) in [4.78, 5) is 11.9. The van der Waals surface area contributed by atoms with Crippen LogP contribution in [0.25, 0.3) is 0 Å².